The van der Waals surface area contributed by atoms with Crippen LogP contribution in [-0.2, 0) is 6.54 Å². The quantitative estimate of drug-likeness (QED) is 0.801. The first-order valence-electron chi connectivity index (χ1n) is 5.48. The zero-order chi connectivity index (χ0) is 11.5. The van der Waals surface area contributed by atoms with Crippen molar-refractivity contribution in [3.8, 4) is 0 Å². The van der Waals surface area contributed by atoms with Crippen molar-refractivity contribution < 1.29 is 0 Å². The second-order valence-corrected chi connectivity index (χ2v) is 4.54. The second kappa shape index (κ2) is 4.66. The van der Waals surface area contributed by atoms with Gasteiger partial charge in [-0.15, -0.1) is 0 Å². The molecule has 1 N–H and O–H groups in total. The second-order valence-electron chi connectivity index (χ2n) is 4.16. The van der Waals surface area contributed by atoms with Crippen LogP contribution in [0.4, 0.5) is 0 Å². The van der Waals surface area contributed by atoms with Crippen molar-refractivity contribution >= 4 is 12.2 Å². The van der Waals surface area contributed by atoms with E-state index < -0.39 is 0 Å². The van der Waals surface area contributed by atoms with Gasteiger partial charge < -0.3 is 9.55 Å². The molecule has 0 saturated heterocycles. The number of hydrogen-bond donors (Lipinski definition) is 1. The smallest absolute Gasteiger partial charge is 0.177 e. The van der Waals surface area contributed by atoms with Gasteiger partial charge in [0.2, 0.25) is 0 Å². The summed E-state index contributed by atoms with van der Waals surface area (Å²) in [6, 6.07) is 10.5. The van der Waals surface area contributed by atoms with Gasteiger partial charge in [-0.1, -0.05) is 37.3 Å². The Labute approximate surface area is 101 Å². The number of aromatic nitrogens is 2. The number of aryl methyl sites for hydroxylation is 1. The fraction of sp³-hybridized carbons (Fsp3) is 0.308. The van der Waals surface area contributed by atoms with Gasteiger partial charge in [0.05, 0.1) is 0 Å². The molecule has 1 unspecified atom stereocenters. The molecule has 0 amide bonds. The highest BCUT2D eigenvalue weighted by molar-refractivity contribution is 7.71. The van der Waals surface area contributed by atoms with Crippen LogP contribution in [0.1, 0.15) is 24.1 Å². The fourth-order valence-corrected chi connectivity index (χ4v) is 2.15. The topological polar surface area (TPSA) is 20.7 Å². The molecule has 1 aromatic carbocycles. The van der Waals surface area contributed by atoms with Crippen LogP contribution in [0, 0.1) is 11.7 Å². The third kappa shape index (κ3) is 2.25. The maximum Gasteiger partial charge on any atom is 0.177 e. The molecule has 0 spiro atoms. The number of aromatic amines is 1. The van der Waals surface area contributed by atoms with E-state index in [1.54, 1.807) is 0 Å². The Hall–Kier alpha value is -1.35. The van der Waals surface area contributed by atoms with Crippen molar-refractivity contribution in [1.82, 2.24) is 9.55 Å². The number of nitrogens with one attached hydrogen (secondary N) is 1. The van der Waals surface area contributed by atoms with Crippen molar-refractivity contribution in [3.05, 3.63) is 52.6 Å². The Morgan fingerprint density at radius 3 is 2.56 bits per heavy atom. The van der Waals surface area contributed by atoms with E-state index in [0.29, 0.717) is 5.92 Å². The molecule has 1 atom stereocenters. The Morgan fingerprint density at radius 2 is 2.00 bits per heavy atom. The highest BCUT2D eigenvalue weighted by atomic mass is 32.1. The zero-order valence-electron chi connectivity index (χ0n) is 9.60. The van der Waals surface area contributed by atoms with Crippen LogP contribution in [0.2, 0.25) is 0 Å². The molecule has 16 heavy (non-hydrogen) atoms. The molecule has 0 aliphatic carbocycles. The summed E-state index contributed by atoms with van der Waals surface area (Å²) in [5, 5.41) is 0. The molecule has 0 fully saturated rings. The first-order valence-corrected chi connectivity index (χ1v) is 5.89. The highest BCUT2D eigenvalue weighted by Gasteiger charge is 2.07. The lowest BCUT2D eigenvalue weighted by atomic mass is 10.0. The van der Waals surface area contributed by atoms with E-state index in [1.807, 2.05) is 12.3 Å². The minimum atomic E-state index is 0.474. The zero-order valence-corrected chi connectivity index (χ0v) is 10.4. The lowest BCUT2D eigenvalue weighted by molar-refractivity contribution is 0.580. The average molecular weight is 232 g/mol. The monoisotopic (exact) mass is 232 g/mol. The third-order valence-electron chi connectivity index (χ3n) is 2.90. The normalized spacial score (nSPS) is 12.6. The molecule has 2 aromatic rings. The molecule has 0 bridgehead atoms. The van der Waals surface area contributed by atoms with Crippen molar-refractivity contribution in [2.75, 3.05) is 0 Å². The van der Waals surface area contributed by atoms with Gasteiger partial charge in [0, 0.05) is 18.4 Å². The molecule has 0 saturated carbocycles. The van der Waals surface area contributed by atoms with Crippen molar-refractivity contribution in [3.63, 3.8) is 0 Å². The minimum absolute atomic E-state index is 0.474. The summed E-state index contributed by atoms with van der Waals surface area (Å²) in [6.45, 7) is 5.23. The maximum atomic E-state index is 5.25. The molecule has 0 aliphatic rings. The van der Waals surface area contributed by atoms with Gasteiger partial charge in [-0.2, -0.15) is 0 Å². The molecule has 2 rings (SSSR count). The molecular formula is C13H16N2S. The van der Waals surface area contributed by atoms with E-state index in [0.717, 1.165) is 11.3 Å². The van der Waals surface area contributed by atoms with Gasteiger partial charge in [0.25, 0.3) is 0 Å². The van der Waals surface area contributed by atoms with Crippen LogP contribution < -0.4 is 0 Å². The van der Waals surface area contributed by atoms with Crippen LogP contribution >= 0.6 is 12.2 Å². The largest absolute Gasteiger partial charge is 0.337 e. The van der Waals surface area contributed by atoms with E-state index in [9.17, 15) is 0 Å². The van der Waals surface area contributed by atoms with E-state index >= 15 is 0 Å². The molecule has 0 aliphatic heterocycles. The minimum Gasteiger partial charge on any atom is -0.337 e. The predicted molar refractivity (Wildman–Crippen MR) is 69.2 cm³/mol. The molecular weight excluding hydrogens is 216 g/mol. The van der Waals surface area contributed by atoms with Crippen LogP contribution in [0.25, 0.3) is 0 Å². The van der Waals surface area contributed by atoms with Gasteiger partial charge in [0.1, 0.15) is 0 Å². The van der Waals surface area contributed by atoms with Crippen molar-refractivity contribution in [2.45, 2.75) is 26.3 Å². The molecule has 1 aromatic heterocycles. The van der Waals surface area contributed by atoms with E-state index in [2.05, 4.69) is 47.7 Å². The highest BCUT2D eigenvalue weighted by Crippen LogP contribution is 2.17. The van der Waals surface area contributed by atoms with Gasteiger partial charge >= 0.3 is 0 Å². The fourth-order valence-electron chi connectivity index (χ4n) is 1.87. The Kier molecular flexibility index (Phi) is 3.25. The summed E-state index contributed by atoms with van der Waals surface area (Å²) in [4.78, 5) is 3.07. The number of imidazole rings is 1. The molecule has 0 radical (unpaired) electrons. The number of H-pyrrole nitrogens is 1. The van der Waals surface area contributed by atoms with E-state index in [1.165, 1.54) is 11.3 Å². The number of rotatable bonds is 3. The summed E-state index contributed by atoms with van der Waals surface area (Å²) in [5.41, 5.74) is 2.54. The summed E-state index contributed by atoms with van der Waals surface area (Å²) in [6.07, 6.45) is 1.96. The average Bonchev–Trinajstić information content (AvgIpc) is 2.62. The number of nitrogens with zero attached hydrogens (tertiary/aromatic N) is 1. The molecule has 84 valence electrons. The van der Waals surface area contributed by atoms with Crippen molar-refractivity contribution in [1.29, 1.82) is 0 Å². The Morgan fingerprint density at radius 1 is 1.31 bits per heavy atom. The lowest BCUT2D eigenvalue weighted by Gasteiger charge is -2.13. The Bertz CT molecular complexity index is 510. The maximum absolute atomic E-state index is 5.25. The summed E-state index contributed by atoms with van der Waals surface area (Å²) in [7, 11) is 0. The van der Waals surface area contributed by atoms with Crippen LogP contribution in [0.5, 0.6) is 0 Å². The first-order chi connectivity index (χ1) is 7.68. The van der Waals surface area contributed by atoms with E-state index in [4.69, 9.17) is 12.2 Å². The SMILES string of the molecule is Cc1c[nH]c(=S)n1CC(C)c1ccccc1. The molecule has 2 nitrogen and oxygen atoms in total. The number of hydrogen-bond acceptors (Lipinski definition) is 1. The van der Waals surface area contributed by atoms with Crippen LogP contribution in [-0.4, -0.2) is 9.55 Å². The standard InChI is InChI=1S/C13H16N2S/c1-10(12-6-4-3-5-7-12)9-15-11(2)8-14-13(15)16/h3-8,10H,9H2,1-2H3,(H,14,16). The van der Waals surface area contributed by atoms with Crippen LogP contribution in [0.3, 0.4) is 0 Å². The Balaban J connectivity index is 2.20. The van der Waals surface area contributed by atoms with Gasteiger partial charge in [0.15, 0.2) is 4.77 Å². The molecule has 1 heterocycles. The third-order valence-corrected chi connectivity index (χ3v) is 3.24. The summed E-state index contributed by atoms with van der Waals surface area (Å²) >= 11 is 5.25. The summed E-state index contributed by atoms with van der Waals surface area (Å²) in [5.74, 6) is 0.474. The molecule has 3 heteroatoms. The van der Waals surface area contributed by atoms with Gasteiger partial charge in [-0.25, -0.2) is 0 Å². The lowest BCUT2D eigenvalue weighted by Crippen LogP contribution is -2.07. The predicted octanol–water partition coefficient (Wildman–Crippen LogP) is 3.66. The van der Waals surface area contributed by atoms with Gasteiger partial charge in [-0.05, 0) is 30.6 Å². The van der Waals surface area contributed by atoms with E-state index in [-0.39, 0.29) is 0 Å². The van der Waals surface area contributed by atoms with Crippen LogP contribution in [0.15, 0.2) is 36.5 Å². The summed E-state index contributed by atoms with van der Waals surface area (Å²) < 4.78 is 2.95. The first kappa shape index (κ1) is 11.1. The number of benzene rings is 1. The van der Waals surface area contributed by atoms with Gasteiger partial charge in [-0.3, -0.25) is 0 Å². The van der Waals surface area contributed by atoms with Crippen molar-refractivity contribution in [2.24, 2.45) is 0 Å².